The number of esters is 5. The highest BCUT2D eigenvalue weighted by Crippen LogP contribution is 2.32. The van der Waals surface area contributed by atoms with E-state index in [2.05, 4.69) is 19.2 Å². The number of benzene rings is 3. The Labute approximate surface area is 450 Å². The standard InChI is InChI=1S/C60H83NO15/c1-9-11-13-15-17-19-30-38-49(62)61-46(47(37-29-18-16-14-12-10-2)71-55(65)43-31-23-20-24-32-43)39-70-58-54(74-57(67)45-35-27-22-28-36-45)53(73-56(66)44-33-25-21-26-34-44)52(69-42-51(64)76-60(6,7)8)48(72-58)40-68-41-50(63)75-59(3,4)5/h20-29,31-37,46-48,52-54,58H,9-19,30,38-42H2,1-8H3,(H,61,62)/b37-29+/t46-,47+,48+,52-,53-,54+,58-/m0/s1. The Morgan fingerprint density at radius 1 is 0.579 bits per heavy atom. The lowest BCUT2D eigenvalue weighted by Gasteiger charge is -2.45. The smallest absolute Gasteiger partial charge is 0.338 e. The van der Waals surface area contributed by atoms with E-state index in [-0.39, 0.29) is 29.0 Å². The van der Waals surface area contributed by atoms with Crippen molar-refractivity contribution in [2.45, 2.75) is 193 Å². The molecule has 16 nitrogen and oxygen atoms in total. The minimum atomic E-state index is -1.64. The molecule has 1 fully saturated rings. The van der Waals surface area contributed by atoms with Crippen molar-refractivity contribution in [1.29, 1.82) is 0 Å². The first-order valence-corrected chi connectivity index (χ1v) is 27.0. The van der Waals surface area contributed by atoms with E-state index in [0.29, 0.717) is 12.8 Å². The van der Waals surface area contributed by atoms with Crippen LogP contribution in [0, 0.1) is 0 Å². The minimum absolute atomic E-state index is 0.135. The van der Waals surface area contributed by atoms with Gasteiger partial charge in [0.2, 0.25) is 5.91 Å². The third kappa shape index (κ3) is 23.9. The lowest BCUT2D eigenvalue weighted by atomic mass is 9.97. The first-order chi connectivity index (χ1) is 36.4. The number of hydrogen-bond donors (Lipinski definition) is 1. The van der Waals surface area contributed by atoms with E-state index in [0.717, 1.165) is 64.2 Å². The molecule has 1 aliphatic heterocycles. The maximum absolute atomic E-state index is 14.2. The first kappa shape index (κ1) is 62.6. The van der Waals surface area contributed by atoms with Crippen molar-refractivity contribution in [2.24, 2.45) is 0 Å². The van der Waals surface area contributed by atoms with Crippen LogP contribution in [0.15, 0.2) is 103 Å². The molecular weight excluding hydrogens is 975 g/mol. The zero-order valence-electron chi connectivity index (χ0n) is 46.0. The quantitative estimate of drug-likeness (QED) is 0.0268. The Morgan fingerprint density at radius 3 is 1.61 bits per heavy atom. The number of carbonyl (C=O) groups excluding carboxylic acids is 6. The highest BCUT2D eigenvalue weighted by molar-refractivity contribution is 5.91. The monoisotopic (exact) mass is 1060 g/mol. The number of nitrogens with one attached hydrogen (secondary N) is 1. The maximum Gasteiger partial charge on any atom is 0.338 e. The summed E-state index contributed by atoms with van der Waals surface area (Å²) in [4.78, 5) is 82.5. The fourth-order valence-corrected chi connectivity index (χ4v) is 8.18. The molecule has 418 valence electrons. The number of amides is 1. The van der Waals surface area contributed by atoms with E-state index in [9.17, 15) is 28.8 Å². The lowest BCUT2D eigenvalue weighted by molar-refractivity contribution is -0.308. The van der Waals surface area contributed by atoms with Crippen LogP contribution in [-0.2, 0) is 57.0 Å². The third-order valence-corrected chi connectivity index (χ3v) is 11.8. The van der Waals surface area contributed by atoms with Crippen LogP contribution in [0.5, 0.6) is 0 Å². The summed E-state index contributed by atoms with van der Waals surface area (Å²) in [5.41, 5.74) is -1.17. The topological polar surface area (TPSA) is 198 Å². The average Bonchev–Trinajstić information content (AvgIpc) is 3.38. The van der Waals surface area contributed by atoms with Crippen LogP contribution in [0.25, 0.3) is 0 Å². The van der Waals surface area contributed by atoms with Gasteiger partial charge in [-0.3, -0.25) is 4.79 Å². The van der Waals surface area contributed by atoms with Crippen molar-refractivity contribution >= 4 is 35.8 Å². The van der Waals surface area contributed by atoms with Gasteiger partial charge in [-0.25, -0.2) is 24.0 Å². The van der Waals surface area contributed by atoms with Crippen LogP contribution in [-0.4, -0.2) is 116 Å². The number of carbonyl (C=O) groups is 6. The molecule has 0 saturated carbocycles. The van der Waals surface area contributed by atoms with Crippen molar-refractivity contribution < 1.29 is 71.4 Å². The number of hydrogen-bond acceptors (Lipinski definition) is 15. The van der Waals surface area contributed by atoms with E-state index in [1.54, 1.807) is 114 Å². The van der Waals surface area contributed by atoms with Crippen LogP contribution < -0.4 is 5.32 Å². The molecule has 1 aliphatic rings. The third-order valence-electron chi connectivity index (χ3n) is 11.8. The molecule has 1 saturated heterocycles. The summed E-state index contributed by atoms with van der Waals surface area (Å²) in [6, 6.07) is 23.6. The molecule has 3 aromatic rings. The molecule has 0 bridgehead atoms. The Bertz CT molecular complexity index is 2220. The Hall–Kier alpha value is -5.94. The molecule has 16 heteroatoms. The summed E-state index contributed by atoms with van der Waals surface area (Å²) < 4.78 is 55.3. The normalized spacial score (nSPS) is 18.5. The summed E-state index contributed by atoms with van der Waals surface area (Å²) >= 11 is 0. The molecule has 0 aliphatic carbocycles. The maximum atomic E-state index is 14.2. The van der Waals surface area contributed by atoms with Crippen LogP contribution in [0.3, 0.4) is 0 Å². The fraction of sp³-hybridized carbons (Fsp3) is 0.567. The van der Waals surface area contributed by atoms with Crippen LogP contribution in [0.2, 0.25) is 0 Å². The van der Waals surface area contributed by atoms with Crippen molar-refractivity contribution in [3.05, 3.63) is 120 Å². The number of unbranched alkanes of at least 4 members (excludes halogenated alkanes) is 10. The summed E-state index contributed by atoms with van der Waals surface area (Å²) in [7, 11) is 0. The predicted molar refractivity (Wildman–Crippen MR) is 286 cm³/mol. The van der Waals surface area contributed by atoms with Gasteiger partial charge < -0.3 is 47.9 Å². The van der Waals surface area contributed by atoms with Gasteiger partial charge in [-0.15, -0.1) is 0 Å². The van der Waals surface area contributed by atoms with Gasteiger partial charge in [-0.1, -0.05) is 132 Å². The second kappa shape index (κ2) is 33.3. The van der Waals surface area contributed by atoms with Crippen molar-refractivity contribution in [2.75, 3.05) is 26.4 Å². The van der Waals surface area contributed by atoms with E-state index in [4.69, 9.17) is 42.6 Å². The highest BCUT2D eigenvalue weighted by atomic mass is 16.7. The van der Waals surface area contributed by atoms with Gasteiger partial charge in [-0.05, 0) is 103 Å². The van der Waals surface area contributed by atoms with Gasteiger partial charge in [0.05, 0.1) is 35.9 Å². The van der Waals surface area contributed by atoms with Gasteiger partial charge >= 0.3 is 29.8 Å². The summed E-state index contributed by atoms with van der Waals surface area (Å²) in [5, 5.41) is 3.08. The second-order valence-electron chi connectivity index (χ2n) is 20.9. The molecule has 1 heterocycles. The second-order valence-corrected chi connectivity index (χ2v) is 20.9. The molecule has 7 atom stereocenters. The SMILES string of the molecule is CCCCCC/C=C/[C@@H](OC(=O)c1ccccc1)[C@H](CO[C@H]1O[C@H](COCC(=O)OC(C)(C)C)[C@H](OCC(=O)OC(C)(C)C)[C@H](OC(=O)c2ccccc2)[C@H]1OC(=O)c1ccccc1)NC(=O)CCCCCCCCC. The minimum Gasteiger partial charge on any atom is -0.458 e. The van der Waals surface area contributed by atoms with Crippen LogP contribution in [0.1, 0.15) is 170 Å². The van der Waals surface area contributed by atoms with E-state index in [1.807, 2.05) is 6.08 Å². The fourth-order valence-electron chi connectivity index (χ4n) is 8.18. The molecule has 1 amide bonds. The molecule has 0 aromatic heterocycles. The van der Waals surface area contributed by atoms with E-state index >= 15 is 0 Å². The molecule has 0 spiro atoms. The number of ether oxygens (including phenoxy) is 9. The van der Waals surface area contributed by atoms with Gasteiger partial charge in [0.1, 0.15) is 42.7 Å². The highest BCUT2D eigenvalue weighted by Gasteiger charge is 2.53. The molecule has 3 aromatic carbocycles. The molecule has 0 unspecified atom stereocenters. The molecule has 76 heavy (non-hydrogen) atoms. The number of allylic oxidation sites excluding steroid dienone is 1. The summed E-state index contributed by atoms with van der Waals surface area (Å²) in [6.45, 7) is 12.4. The molecule has 1 N–H and O–H groups in total. The van der Waals surface area contributed by atoms with E-state index < -0.39 is 110 Å². The van der Waals surface area contributed by atoms with Crippen LogP contribution in [0.4, 0.5) is 0 Å². The van der Waals surface area contributed by atoms with Gasteiger partial charge in [-0.2, -0.15) is 0 Å². The van der Waals surface area contributed by atoms with Gasteiger partial charge in [0, 0.05) is 6.42 Å². The van der Waals surface area contributed by atoms with Crippen molar-refractivity contribution in [3.63, 3.8) is 0 Å². The molecular formula is C60H83NO15. The molecule has 0 radical (unpaired) electrons. The Morgan fingerprint density at radius 2 is 1.07 bits per heavy atom. The zero-order valence-corrected chi connectivity index (χ0v) is 46.0. The first-order valence-electron chi connectivity index (χ1n) is 27.0. The largest absolute Gasteiger partial charge is 0.458 e. The summed E-state index contributed by atoms with van der Waals surface area (Å²) in [5.74, 6) is -4.11. The van der Waals surface area contributed by atoms with Gasteiger partial charge in [0.15, 0.2) is 18.5 Å². The van der Waals surface area contributed by atoms with Crippen molar-refractivity contribution in [1.82, 2.24) is 5.32 Å². The predicted octanol–water partition coefficient (Wildman–Crippen LogP) is 10.6. The van der Waals surface area contributed by atoms with E-state index in [1.165, 1.54) is 24.3 Å². The average molecular weight is 1060 g/mol. The molecule has 4 rings (SSSR count). The lowest BCUT2D eigenvalue weighted by Crippen LogP contribution is -2.63. The summed E-state index contributed by atoms with van der Waals surface area (Å²) in [6.07, 6.45) is 6.74. The Balaban J connectivity index is 1.83. The number of rotatable bonds is 32. The Kier molecular flexibility index (Phi) is 27.4. The van der Waals surface area contributed by atoms with Crippen LogP contribution >= 0.6 is 0 Å². The zero-order chi connectivity index (χ0) is 55.4. The van der Waals surface area contributed by atoms with Gasteiger partial charge in [0.25, 0.3) is 0 Å². The van der Waals surface area contributed by atoms with Crippen molar-refractivity contribution in [3.8, 4) is 0 Å².